The molecule has 8 heteroatoms. The van der Waals surface area contributed by atoms with Crippen LogP contribution in [0.1, 0.15) is 32.3 Å². The van der Waals surface area contributed by atoms with Gasteiger partial charge in [-0.2, -0.15) is 0 Å². The molecule has 2 saturated heterocycles. The zero-order chi connectivity index (χ0) is 23.9. The summed E-state index contributed by atoms with van der Waals surface area (Å²) in [7, 11) is 0. The van der Waals surface area contributed by atoms with Crippen molar-refractivity contribution in [3.63, 3.8) is 0 Å². The Bertz CT molecular complexity index is 1050. The highest BCUT2D eigenvalue weighted by Gasteiger charge is 2.52. The second-order valence-electron chi connectivity index (χ2n) is 9.12. The Balaban J connectivity index is 1.69. The maximum absolute atomic E-state index is 15.5. The molecule has 5 nitrogen and oxygen atoms in total. The van der Waals surface area contributed by atoms with Crippen LogP contribution in [0.4, 0.5) is 13.2 Å². The number of hydrogen-bond donors (Lipinski definition) is 2. The number of hydrogen-bond acceptors (Lipinski definition) is 4. The van der Waals surface area contributed by atoms with Gasteiger partial charge in [0.25, 0.3) is 5.91 Å². The van der Waals surface area contributed by atoms with E-state index in [2.05, 4.69) is 5.32 Å². The SMILES string of the molecule is CC(=O)CN[C@H]1C2CC(C2)N(C(=O)[C@@H](C)O)[C@H]1Cc1cccc(-c2cc(F)cc(F)c2)c1F. The van der Waals surface area contributed by atoms with Crippen LogP contribution in [0.25, 0.3) is 11.1 Å². The predicted molar refractivity (Wildman–Crippen MR) is 117 cm³/mol. The third kappa shape index (κ3) is 4.68. The first-order valence-electron chi connectivity index (χ1n) is 11.1. The van der Waals surface area contributed by atoms with Crippen LogP contribution in [0.15, 0.2) is 36.4 Å². The lowest BCUT2D eigenvalue weighted by molar-refractivity contribution is -0.158. The van der Waals surface area contributed by atoms with E-state index in [1.165, 1.54) is 19.9 Å². The zero-order valence-corrected chi connectivity index (χ0v) is 18.5. The van der Waals surface area contributed by atoms with Gasteiger partial charge in [-0.1, -0.05) is 18.2 Å². The van der Waals surface area contributed by atoms with Crippen molar-refractivity contribution in [1.29, 1.82) is 0 Å². The molecule has 2 N–H and O–H groups in total. The normalized spacial score (nSPS) is 24.8. The largest absolute Gasteiger partial charge is 0.384 e. The van der Waals surface area contributed by atoms with Gasteiger partial charge in [0.2, 0.25) is 0 Å². The first-order chi connectivity index (χ1) is 15.7. The van der Waals surface area contributed by atoms with Crippen molar-refractivity contribution in [3.8, 4) is 11.1 Å². The average Bonchev–Trinajstić information content (AvgIpc) is 2.71. The molecule has 3 atom stereocenters. The van der Waals surface area contributed by atoms with Crippen LogP contribution < -0.4 is 5.32 Å². The molecular weight excluding hydrogens is 433 g/mol. The number of ketones is 1. The number of carbonyl (C=O) groups excluding carboxylic acids is 2. The molecule has 2 bridgehead atoms. The number of halogens is 3. The molecule has 176 valence electrons. The van der Waals surface area contributed by atoms with E-state index in [0.717, 1.165) is 31.0 Å². The van der Waals surface area contributed by atoms with Crippen molar-refractivity contribution in [3.05, 3.63) is 59.4 Å². The zero-order valence-electron chi connectivity index (χ0n) is 18.5. The van der Waals surface area contributed by atoms with Gasteiger partial charge >= 0.3 is 0 Å². The molecule has 2 heterocycles. The summed E-state index contributed by atoms with van der Waals surface area (Å²) in [5.41, 5.74) is 0.441. The molecule has 1 amide bonds. The Labute approximate surface area is 190 Å². The van der Waals surface area contributed by atoms with Gasteiger partial charge in [-0.15, -0.1) is 0 Å². The average molecular weight is 460 g/mol. The lowest BCUT2D eigenvalue weighted by atomic mass is 9.66. The van der Waals surface area contributed by atoms with Crippen LogP contribution in [-0.4, -0.2) is 52.5 Å². The minimum Gasteiger partial charge on any atom is -0.384 e. The van der Waals surface area contributed by atoms with E-state index >= 15 is 4.39 Å². The fourth-order valence-electron chi connectivity index (χ4n) is 5.15. The van der Waals surface area contributed by atoms with Gasteiger partial charge in [0.1, 0.15) is 29.3 Å². The molecular formula is C25H27F3N2O3. The number of Topliss-reactive ketones (excluding diaryl/α,β-unsaturated/α-hetero) is 1. The Kier molecular flexibility index (Phi) is 6.59. The molecule has 0 spiro atoms. The number of fused-ring (bicyclic) bond motifs is 2. The molecule has 3 aliphatic rings. The molecule has 0 radical (unpaired) electrons. The van der Waals surface area contributed by atoms with Crippen molar-refractivity contribution in [1.82, 2.24) is 10.2 Å². The molecule has 1 saturated carbocycles. The van der Waals surface area contributed by atoms with Crippen LogP contribution in [0.5, 0.6) is 0 Å². The Morgan fingerprint density at radius 3 is 2.42 bits per heavy atom. The number of nitrogens with zero attached hydrogens (tertiary/aromatic N) is 1. The molecule has 2 aromatic carbocycles. The van der Waals surface area contributed by atoms with Crippen molar-refractivity contribution in [2.24, 2.45) is 5.92 Å². The fraction of sp³-hybridized carbons (Fsp3) is 0.440. The fourth-order valence-corrected chi connectivity index (χ4v) is 5.15. The van der Waals surface area contributed by atoms with Crippen molar-refractivity contribution in [2.45, 2.75) is 57.3 Å². The van der Waals surface area contributed by atoms with Crippen LogP contribution in [0.3, 0.4) is 0 Å². The van der Waals surface area contributed by atoms with Crippen molar-refractivity contribution >= 4 is 11.7 Å². The highest BCUT2D eigenvalue weighted by atomic mass is 19.1. The van der Waals surface area contributed by atoms with Crippen molar-refractivity contribution < 1.29 is 27.9 Å². The van der Waals surface area contributed by atoms with E-state index < -0.39 is 35.5 Å². The summed E-state index contributed by atoms with van der Waals surface area (Å²) in [6.45, 7) is 3.00. The molecule has 33 heavy (non-hydrogen) atoms. The first-order valence-corrected chi connectivity index (χ1v) is 11.1. The maximum Gasteiger partial charge on any atom is 0.251 e. The number of aliphatic hydroxyl groups excluding tert-OH is 1. The van der Waals surface area contributed by atoms with Gasteiger partial charge in [0.05, 0.1) is 12.6 Å². The number of aliphatic hydroxyl groups is 1. The summed E-state index contributed by atoms with van der Waals surface area (Å²) in [6.07, 6.45) is 0.452. The number of piperidine rings is 2. The van der Waals surface area contributed by atoms with E-state index in [9.17, 15) is 23.5 Å². The minimum absolute atomic E-state index is 0.0407. The van der Waals surface area contributed by atoms with E-state index in [-0.39, 0.29) is 47.9 Å². The van der Waals surface area contributed by atoms with Gasteiger partial charge in [-0.3, -0.25) is 9.59 Å². The summed E-state index contributed by atoms with van der Waals surface area (Å²) in [5, 5.41) is 13.2. The van der Waals surface area contributed by atoms with Crippen LogP contribution in [-0.2, 0) is 16.0 Å². The molecule has 2 aromatic rings. The number of benzene rings is 2. The van der Waals surface area contributed by atoms with E-state index in [1.807, 2.05) is 0 Å². The minimum atomic E-state index is -1.20. The lowest BCUT2D eigenvalue weighted by Crippen LogP contribution is -2.71. The lowest BCUT2D eigenvalue weighted by Gasteiger charge is -2.58. The summed E-state index contributed by atoms with van der Waals surface area (Å²) in [5.74, 6) is -2.46. The molecule has 2 aliphatic heterocycles. The van der Waals surface area contributed by atoms with Gasteiger partial charge in [-0.25, -0.2) is 13.2 Å². The molecule has 5 rings (SSSR count). The monoisotopic (exact) mass is 460 g/mol. The second-order valence-corrected chi connectivity index (χ2v) is 9.12. The topological polar surface area (TPSA) is 69.6 Å². The molecule has 1 aliphatic carbocycles. The van der Waals surface area contributed by atoms with E-state index in [1.54, 1.807) is 17.0 Å². The van der Waals surface area contributed by atoms with Crippen LogP contribution in [0, 0.1) is 23.4 Å². The number of nitrogens with one attached hydrogen (secondary N) is 1. The Hall–Kier alpha value is -2.71. The Morgan fingerprint density at radius 1 is 1.15 bits per heavy atom. The summed E-state index contributed by atoms with van der Waals surface area (Å²) in [6, 6.07) is 6.76. The quantitative estimate of drug-likeness (QED) is 0.666. The standard InChI is InChI=1S/C25H27F3N2O3/c1-13(31)12-29-24-17-8-20(9-17)30(25(33)14(2)32)22(24)10-15-4-3-5-21(23(15)28)16-6-18(26)11-19(27)7-16/h3-7,11,14,17,20,22,24,29,32H,8-10,12H2,1-2H3/t14-,17?,20?,22+,24+/m1/s1. The van der Waals surface area contributed by atoms with E-state index in [4.69, 9.17) is 0 Å². The van der Waals surface area contributed by atoms with E-state index in [0.29, 0.717) is 5.56 Å². The van der Waals surface area contributed by atoms with Gasteiger partial charge < -0.3 is 15.3 Å². The van der Waals surface area contributed by atoms with Gasteiger partial charge in [0, 0.05) is 23.7 Å². The van der Waals surface area contributed by atoms with Crippen LogP contribution >= 0.6 is 0 Å². The highest BCUT2D eigenvalue weighted by Crippen LogP contribution is 2.44. The van der Waals surface area contributed by atoms with Gasteiger partial charge in [0.15, 0.2) is 0 Å². The van der Waals surface area contributed by atoms with Crippen LogP contribution in [0.2, 0.25) is 0 Å². The smallest absolute Gasteiger partial charge is 0.251 e. The number of carbonyl (C=O) groups is 2. The summed E-state index contributed by atoms with van der Waals surface area (Å²) < 4.78 is 43.0. The second kappa shape index (κ2) is 9.27. The predicted octanol–water partition coefficient (Wildman–Crippen LogP) is 3.23. The molecule has 0 unspecified atom stereocenters. The number of amides is 1. The first kappa shape index (κ1) is 23.4. The third-order valence-electron chi connectivity index (χ3n) is 6.70. The maximum atomic E-state index is 15.5. The molecule has 0 aromatic heterocycles. The molecule has 3 fully saturated rings. The van der Waals surface area contributed by atoms with Crippen molar-refractivity contribution in [2.75, 3.05) is 6.54 Å². The highest BCUT2D eigenvalue weighted by molar-refractivity contribution is 5.81. The third-order valence-corrected chi connectivity index (χ3v) is 6.70. The van der Waals surface area contributed by atoms with Gasteiger partial charge in [-0.05, 0) is 62.3 Å². The summed E-state index contributed by atoms with van der Waals surface area (Å²) >= 11 is 0. The Morgan fingerprint density at radius 2 is 1.82 bits per heavy atom. The number of rotatable bonds is 7. The summed E-state index contributed by atoms with van der Waals surface area (Å²) in [4.78, 5) is 26.1.